The van der Waals surface area contributed by atoms with Crippen LogP contribution in [0, 0.1) is 24.3 Å². The van der Waals surface area contributed by atoms with Gasteiger partial charge < -0.3 is 19.9 Å². The molecule has 4 aromatic heterocycles. The number of nitrogens with zero attached hydrogens (tertiary/aromatic N) is 4. The predicted octanol–water partition coefficient (Wildman–Crippen LogP) is 19.4. The standard InChI is InChI=1S/4C19H12N.Os.Pt.2Rh/c2*1-2-7-15(8-3-1)19-12-18-16(13-20-19)11-10-14-6-4-5-9-17(14)18;1-2-7-15(8-3-1)19-12-16-11-10-14-6-4-5-9-17(14)18(16)13-20-19;1-2-7-15(8-3-1)19-18-11-10-14-6-4-5-9-16(14)17(18)12-13-20-19;;;;/h4*1-7,9-13H;;;;/q4*-1;;;;. The Morgan fingerprint density at radius 3 is 1.02 bits per heavy atom. The van der Waals surface area contributed by atoms with Crippen molar-refractivity contribution < 1.29 is 79.8 Å². The van der Waals surface area contributed by atoms with Crippen LogP contribution >= 0.6 is 0 Å². The fourth-order valence-corrected chi connectivity index (χ4v) is 10.5. The Balaban J connectivity index is 0.000000132. The molecule has 2 radical (unpaired) electrons. The first-order valence-electron chi connectivity index (χ1n) is 26.7. The number of pyridine rings is 4. The van der Waals surface area contributed by atoms with Gasteiger partial charge in [0.25, 0.3) is 0 Å². The molecule has 0 N–H and O–H groups in total. The van der Waals surface area contributed by atoms with Gasteiger partial charge in [-0.2, -0.15) is 0 Å². The van der Waals surface area contributed by atoms with E-state index in [4.69, 9.17) is 0 Å². The fraction of sp³-hybridized carbons (Fsp3) is 0. The van der Waals surface area contributed by atoms with Crippen LogP contribution in [0.1, 0.15) is 0 Å². The zero-order valence-electron chi connectivity index (χ0n) is 44.8. The minimum Gasteiger partial charge on any atom is -0.304 e. The molecule has 16 rings (SSSR count). The third kappa shape index (κ3) is 13.1. The van der Waals surface area contributed by atoms with Crippen LogP contribution in [0.5, 0.6) is 0 Å². The first-order valence-corrected chi connectivity index (χ1v) is 26.7. The molecule has 84 heavy (non-hydrogen) atoms. The zero-order chi connectivity index (χ0) is 53.5. The first kappa shape index (κ1) is 60.5. The molecule has 0 fully saturated rings. The zero-order valence-corrected chi connectivity index (χ0v) is 52.9. The number of hydrogen-bond donors (Lipinski definition) is 0. The molecule has 4 nitrogen and oxygen atoms in total. The molecule has 0 aliphatic rings. The van der Waals surface area contributed by atoms with Gasteiger partial charge in [-0.15, -0.1) is 144 Å². The van der Waals surface area contributed by atoms with Crippen molar-refractivity contribution in [1.29, 1.82) is 0 Å². The molecule has 12 aromatic carbocycles. The largest absolute Gasteiger partial charge is 0.304 e. The topological polar surface area (TPSA) is 51.6 Å². The van der Waals surface area contributed by atoms with Crippen LogP contribution in [0.3, 0.4) is 0 Å². The van der Waals surface area contributed by atoms with Gasteiger partial charge in [0, 0.05) is 110 Å². The van der Waals surface area contributed by atoms with Crippen molar-refractivity contribution in [3.8, 4) is 45.0 Å². The van der Waals surface area contributed by atoms with Gasteiger partial charge in [0.05, 0.1) is 0 Å². The van der Waals surface area contributed by atoms with Crippen LogP contribution in [0.25, 0.3) is 131 Å². The third-order valence-electron chi connectivity index (χ3n) is 14.5. The average molecular weight is 1610 g/mol. The molecule has 0 saturated heterocycles. The minimum absolute atomic E-state index is 0. The molecular weight excluding hydrogens is 1560 g/mol. The molecule has 0 saturated carbocycles. The van der Waals surface area contributed by atoms with E-state index in [9.17, 15) is 0 Å². The average Bonchev–Trinajstić information content (AvgIpc) is 2.85. The summed E-state index contributed by atoms with van der Waals surface area (Å²) in [6.07, 6.45) is 7.73. The van der Waals surface area contributed by atoms with Crippen molar-refractivity contribution in [1.82, 2.24) is 19.9 Å². The van der Waals surface area contributed by atoms with Crippen LogP contribution < -0.4 is 0 Å². The fourth-order valence-electron chi connectivity index (χ4n) is 10.5. The van der Waals surface area contributed by atoms with Gasteiger partial charge in [-0.3, -0.25) is 0 Å². The molecule has 4 heterocycles. The van der Waals surface area contributed by atoms with E-state index in [1.54, 1.807) is 0 Å². The summed E-state index contributed by atoms with van der Waals surface area (Å²) in [6.45, 7) is 0. The number of fused-ring (bicyclic) bond motifs is 12. The molecule has 8 heteroatoms. The first-order chi connectivity index (χ1) is 39.7. The Hall–Kier alpha value is -8.11. The second-order valence-electron chi connectivity index (χ2n) is 19.4. The smallest absolute Gasteiger partial charge is 0.0245 e. The van der Waals surface area contributed by atoms with Crippen molar-refractivity contribution in [2.45, 2.75) is 0 Å². The Morgan fingerprint density at radius 1 is 0.238 bits per heavy atom. The van der Waals surface area contributed by atoms with E-state index in [2.05, 4.69) is 220 Å². The van der Waals surface area contributed by atoms with E-state index in [-0.39, 0.29) is 79.8 Å². The molecule has 0 bridgehead atoms. The normalized spacial score (nSPS) is 10.5. The number of benzene rings is 12. The third-order valence-corrected chi connectivity index (χ3v) is 14.5. The van der Waals surface area contributed by atoms with Crippen LogP contribution in [-0.4, -0.2) is 19.9 Å². The molecule has 16 aromatic rings. The van der Waals surface area contributed by atoms with Crippen molar-refractivity contribution in [2.75, 3.05) is 0 Å². The Labute approximate surface area is 542 Å². The minimum atomic E-state index is 0. The van der Waals surface area contributed by atoms with Crippen LogP contribution in [0.4, 0.5) is 0 Å². The summed E-state index contributed by atoms with van der Waals surface area (Å²) >= 11 is 0. The van der Waals surface area contributed by atoms with Gasteiger partial charge in [-0.1, -0.05) is 164 Å². The van der Waals surface area contributed by atoms with Gasteiger partial charge in [0.15, 0.2) is 0 Å². The summed E-state index contributed by atoms with van der Waals surface area (Å²) in [5.41, 5.74) is 8.02. The van der Waals surface area contributed by atoms with E-state index >= 15 is 0 Å². The number of rotatable bonds is 4. The van der Waals surface area contributed by atoms with Gasteiger partial charge >= 0.3 is 0 Å². The molecular formula is C76H48N4OsPtRh2-4. The summed E-state index contributed by atoms with van der Waals surface area (Å²) in [7, 11) is 0. The maximum atomic E-state index is 4.60. The van der Waals surface area contributed by atoms with E-state index in [1.807, 2.05) is 116 Å². The molecule has 0 spiro atoms. The van der Waals surface area contributed by atoms with Gasteiger partial charge in [-0.25, -0.2) is 0 Å². The summed E-state index contributed by atoms with van der Waals surface area (Å²) in [5.74, 6) is 0. The van der Waals surface area contributed by atoms with Gasteiger partial charge in [0.2, 0.25) is 0 Å². The monoisotopic (exact) mass is 1610 g/mol. The van der Waals surface area contributed by atoms with Crippen LogP contribution in [-0.2, 0) is 79.8 Å². The molecule has 0 atom stereocenters. The number of hydrogen-bond acceptors (Lipinski definition) is 4. The molecule has 0 unspecified atom stereocenters. The van der Waals surface area contributed by atoms with Crippen molar-refractivity contribution in [3.05, 3.63) is 316 Å². The van der Waals surface area contributed by atoms with Crippen molar-refractivity contribution in [2.24, 2.45) is 0 Å². The second-order valence-corrected chi connectivity index (χ2v) is 19.4. The molecule has 0 aliphatic carbocycles. The Bertz CT molecular complexity index is 4630. The molecule has 0 aliphatic heterocycles. The Morgan fingerprint density at radius 2 is 0.583 bits per heavy atom. The van der Waals surface area contributed by atoms with E-state index in [1.165, 1.54) is 86.2 Å². The maximum Gasteiger partial charge on any atom is 0.0245 e. The summed E-state index contributed by atoms with van der Waals surface area (Å²) in [5, 5.41) is 19.7. The quantitative estimate of drug-likeness (QED) is 0.100. The van der Waals surface area contributed by atoms with Gasteiger partial charge in [0.1, 0.15) is 0 Å². The van der Waals surface area contributed by atoms with Crippen LogP contribution in [0.15, 0.2) is 292 Å². The maximum absolute atomic E-state index is 4.60. The molecule has 412 valence electrons. The second kappa shape index (κ2) is 28.4. The van der Waals surface area contributed by atoms with Gasteiger partial charge in [-0.05, 0) is 110 Å². The SMILES string of the molecule is [Os].[Pt].[Rh].[Rh].[c-]1ccccc1-c1cc2c(ccc3ccccc32)cn1.[c-]1ccccc1-c1cc2c(ccc3ccccc32)cn1.[c-]1ccccc1-c1cc2ccc3ccccc3c2cn1.[c-]1ccccc1-c1nccc2c1ccc1ccccc12. The van der Waals surface area contributed by atoms with E-state index in [0.717, 1.165) is 45.0 Å². The van der Waals surface area contributed by atoms with Crippen LogP contribution in [0.2, 0.25) is 0 Å². The summed E-state index contributed by atoms with van der Waals surface area (Å²) < 4.78 is 0. The Kier molecular flexibility index (Phi) is 20.5. The van der Waals surface area contributed by atoms with Crippen molar-refractivity contribution in [3.63, 3.8) is 0 Å². The predicted molar refractivity (Wildman–Crippen MR) is 334 cm³/mol. The summed E-state index contributed by atoms with van der Waals surface area (Å²) in [4.78, 5) is 18.3. The van der Waals surface area contributed by atoms with E-state index in [0.29, 0.717) is 0 Å². The molecule has 0 amide bonds. The van der Waals surface area contributed by atoms with Crippen molar-refractivity contribution >= 4 is 86.2 Å². The summed E-state index contributed by atoms with van der Waals surface area (Å²) in [6, 6.07) is 104. The number of aromatic nitrogens is 4. The van der Waals surface area contributed by atoms with E-state index < -0.39 is 0 Å².